The van der Waals surface area contributed by atoms with Crippen molar-refractivity contribution in [2.45, 2.75) is 4.90 Å². The van der Waals surface area contributed by atoms with Gasteiger partial charge in [-0.2, -0.15) is 0 Å². The molecule has 0 unspecified atom stereocenters. The van der Waals surface area contributed by atoms with Gasteiger partial charge in [-0.25, -0.2) is 13.1 Å². The van der Waals surface area contributed by atoms with Crippen molar-refractivity contribution in [3.63, 3.8) is 0 Å². The molecule has 1 heterocycles. The Labute approximate surface area is 130 Å². The van der Waals surface area contributed by atoms with E-state index in [2.05, 4.69) is 9.62 Å². The van der Waals surface area contributed by atoms with Crippen molar-refractivity contribution >= 4 is 27.2 Å². The third-order valence-corrected chi connectivity index (χ3v) is 5.00. The third-order valence-electron chi connectivity index (χ3n) is 3.27. The summed E-state index contributed by atoms with van der Waals surface area (Å²) >= 11 is 4.90. The van der Waals surface area contributed by atoms with Crippen LogP contribution in [-0.2, 0) is 14.8 Å². The lowest BCUT2D eigenvalue weighted by Gasteiger charge is -2.26. The van der Waals surface area contributed by atoms with Crippen LogP contribution in [0, 0.1) is 0 Å². The van der Waals surface area contributed by atoms with Crippen LogP contribution in [0.2, 0.25) is 0 Å². The predicted octanol–water partition coefficient (Wildman–Crippen LogP) is -0.0687. The van der Waals surface area contributed by atoms with E-state index in [-0.39, 0.29) is 9.88 Å². The SMILES string of the molecule is NC(=S)c1ccccc1S(=O)(=O)NCCN1CCOCC1. The van der Waals surface area contributed by atoms with Crippen molar-refractivity contribution in [1.82, 2.24) is 9.62 Å². The molecule has 21 heavy (non-hydrogen) atoms. The molecular formula is C13H19N3O3S2. The lowest BCUT2D eigenvalue weighted by molar-refractivity contribution is 0.0390. The maximum absolute atomic E-state index is 12.3. The van der Waals surface area contributed by atoms with E-state index in [4.69, 9.17) is 22.7 Å². The van der Waals surface area contributed by atoms with Crippen LogP contribution in [-0.4, -0.2) is 57.7 Å². The van der Waals surface area contributed by atoms with Crippen LogP contribution in [0.4, 0.5) is 0 Å². The number of nitrogens with zero attached hydrogens (tertiary/aromatic N) is 1. The highest BCUT2D eigenvalue weighted by atomic mass is 32.2. The molecule has 0 bridgehead atoms. The standard InChI is InChI=1S/C13H19N3O3S2/c14-13(20)11-3-1-2-4-12(11)21(17,18)15-5-6-16-7-9-19-10-8-16/h1-4,15H,5-10H2,(H2,14,20). The van der Waals surface area contributed by atoms with Gasteiger partial charge >= 0.3 is 0 Å². The first-order valence-corrected chi connectivity index (χ1v) is 8.58. The first kappa shape index (κ1) is 16.3. The molecular weight excluding hydrogens is 310 g/mol. The Morgan fingerprint density at radius 1 is 1.33 bits per heavy atom. The molecule has 1 fully saturated rings. The Morgan fingerprint density at radius 2 is 2.00 bits per heavy atom. The van der Waals surface area contributed by atoms with Crippen molar-refractivity contribution in [2.24, 2.45) is 5.73 Å². The summed E-state index contributed by atoms with van der Waals surface area (Å²) < 4.78 is 32.5. The minimum Gasteiger partial charge on any atom is -0.389 e. The highest BCUT2D eigenvalue weighted by molar-refractivity contribution is 7.89. The molecule has 0 atom stereocenters. The van der Waals surface area contributed by atoms with Crippen LogP contribution < -0.4 is 10.5 Å². The molecule has 1 aliphatic rings. The van der Waals surface area contributed by atoms with Crippen molar-refractivity contribution in [2.75, 3.05) is 39.4 Å². The molecule has 0 radical (unpaired) electrons. The third kappa shape index (κ3) is 4.45. The zero-order chi connectivity index (χ0) is 15.3. The molecule has 1 aliphatic heterocycles. The molecule has 2 rings (SSSR count). The molecule has 0 spiro atoms. The minimum absolute atomic E-state index is 0.0733. The maximum atomic E-state index is 12.3. The molecule has 116 valence electrons. The Morgan fingerprint density at radius 3 is 2.67 bits per heavy atom. The summed E-state index contributed by atoms with van der Waals surface area (Å²) in [6.45, 7) is 4.02. The monoisotopic (exact) mass is 329 g/mol. The number of thiocarbonyl (C=S) groups is 1. The van der Waals surface area contributed by atoms with Gasteiger partial charge in [-0.15, -0.1) is 0 Å². The average molecular weight is 329 g/mol. The smallest absolute Gasteiger partial charge is 0.241 e. The number of hydrogen-bond donors (Lipinski definition) is 2. The van der Waals surface area contributed by atoms with Crippen LogP contribution in [0.1, 0.15) is 5.56 Å². The van der Waals surface area contributed by atoms with E-state index in [1.807, 2.05) is 0 Å². The molecule has 0 amide bonds. The summed E-state index contributed by atoms with van der Waals surface area (Å²) in [5, 5.41) is 0. The number of nitrogens with one attached hydrogen (secondary N) is 1. The van der Waals surface area contributed by atoms with E-state index in [0.717, 1.165) is 13.1 Å². The van der Waals surface area contributed by atoms with Crippen molar-refractivity contribution in [3.05, 3.63) is 29.8 Å². The van der Waals surface area contributed by atoms with Crippen molar-refractivity contribution < 1.29 is 13.2 Å². The van der Waals surface area contributed by atoms with Gasteiger partial charge in [0.2, 0.25) is 10.0 Å². The fourth-order valence-corrected chi connectivity index (χ4v) is 3.63. The molecule has 0 aromatic heterocycles. The van der Waals surface area contributed by atoms with E-state index in [1.54, 1.807) is 18.2 Å². The lowest BCUT2D eigenvalue weighted by atomic mass is 10.2. The normalized spacial score (nSPS) is 16.8. The Kier molecular flexibility index (Phi) is 5.65. The number of sulfonamides is 1. The number of hydrogen-bond acceptors (Lipinski definition) is 5. The van der Waals surface area contributed by atoms with Gasteiger partial charge in [0, 0.05) is 31.7 Å². The quantitative estimate of drug-likeness (QED) is 0.711. The lowest BCUT2D eigenvalue weighted by Crippen LogP contribution is -2.41. The van der Waals surface area contributed by atoms with E-state index in [9.17, 15) is 8.42 Å². The van der Waals surface area contributed by atoms with E-state index >= 15 is 0 Å². The van der Waals surface area contributed by atoms with Gasteiger partial charge in [-0.1, -0.05) is 30.4 Å². The summed E-state index contributed by atoms with van der Waals surface area (Å²) in [6.07, 6.45) is 0. The molecule has 1 aromatic carbocycles. The second-order valence-electron chi connectivity index (χ2n) is 4.71. The highest BCUT2D eigenvalue weighted by Gasteiger charge is 2.19. The fraction of sp³-hybridized carbons (Fsp3) is 0.462. The summed E-state index contributed by atoms with van der Waals surface area (Å²) in [7, 11) is -3.61. The van der Waals surface area contributed by atoms with Gasteiger partial charge in [-0.05, 0) is 6.07 Å². The van der Waals surface area contributed by atoms with E-state index in [0.29, 0.717) is 31.9 Å². The number of benzene rings is 1. The second kappa shape index (κ2) is 7.28. The summed E-state index contributed by atoms with van der Waals surface area (Å²) in [5.74, 6) is 0. The molecule has 1 aromatic rings. The van der Waals surface area contributed by atoms with E-state index < -0.39 is 10.0 Å². The number of rotatable bonds is 6. The van der Waals surface area contributed by atoms with Crippen LogP contribution >= 0.6 is 12.2 Å². The highest BCUT2D eigenvalue weighted by Crippen LogP contribution is 2.14. The Hall–Kier alpha value is -1.06. The summed E-state index contributed by atoms with van der Waals surface area (Å²) in [4.78, 5) is 2.36. The zero-order valence-electron chi connectivity index (χ0n) is 11.6. The Bertz CT molecular complexity index is 598. The van der Waals surface area contributed by atoms with Crippen LogP contribution in [0.5, 0.6) is 0 Å². The maximum Gasteiger partial charge on any atom is 0.241 e. The molecule has 1 saturated heterocycles. The van der Waals surface area contributed by atoms with Crippen molar-refractivity contribution in [3.8, 4) is 0 Å². The van der Waals surface area contributed by atoms with Gasteiger partial charge in [0.25, 0.3) is 0 Å². The molecule has 8 heteroatoms. The number of ether oxygens (including phenoxy) is 1. The van der Waals surface area contributed by atoms with Crippen LogP contribution in [0.3, 0.4) is 0 Å². The number of nitrogens with two attached hydrogens (primary N) is 1. The largest absolute Gasteiger partial charge is 0.389 e. The molecule has 0 saturated carbocycles. The first-order valence-electron chi connectivity index (χ1n) is 6.69. The minimum atomic E-state index is -3.61. The van der Waals surface area contributed by atoms with E-state index in [1.165, 1.54) is 6.07 Å². The molecule has 6 nitrogen and oxygen atoms in total. The topological polar surface area (TPSA) is 84.7 Å². The van der Waals surface area contributed by atoms with Crippen LogP contribution in [0.15, 0.2) is 29.2 Å². The predicted molar refractivity (Wildman–Crippen MR) is 84.8 cm³/mol. The number of morpholine rings is 1. The van der Waals surface area contributed by atoms with Crippen molar-refractivity contribution in [1.29, 1.82) is 0 Å². The first-order chi connectivity index (χ1) is 10.0. The van der Waals surface area contributed by atoms with Gasteiger partial charge in [0.1, 0.15) is 4.99 Å². The molecule has 0 aliphatic carbocycles. The second-order valence-corrected chi connectivity index (χ2v) is 6.89. The fourth-order valence-electron chi connectivity index (χ4n) is 2.15. The average Bonchev–Trinajstić information content (AvgIpc) is 2.48. The van der Waals surface area contributed by atoms with Gasteiger partial charge in [0.05, 0.1) is 18.1 Å². The van der Waals surface area contributed by atoms with Crippen LogP contribution in [0.25, 0.3) is 0 Å². The van der Waals surface area contributed by atoms with Gasteiger partial charge in [0.15, 0.2) is 0 Å². The summed E-state index contributed by atoms with van der Waals surface area (Å²) in [6, 6.07) is 6.48. The summed E-state index contributed by atoms with van der Waals surface area (Å²) in [5.41, 5.74) is 5.94. The van der Waals surface area contributed by atoms with Gasteiger partial charge < -0.3 is 10.5 Å². The van der Waals surface area contributed by atoms with Gasteiger partial charge in [-0.3, -0.25) is 4.90 Å². The Balaban J connectivity index is 2.00. The zero-order valence-corrected chi connectivity index (χ0v) is 13.3. The molecule has 3 N–H and O–H groups in total.